The van der Waals surface area contributed by atoms with Crippen molar-refractivity contribution in [2.24, 2.45) is 0 Å². The summed E-state index contributed by atoms with van der Waals surface area (Å²) in [4.78, 5) is 35.8. The lowest BCUT2D eigenvalue weighted by Gasteiger charge is -2.14. The number of aromatic amines is 1. The summed E-state index contributed by atoms with van der Waals surface area (Å²) >= 11 is 0. The molecule has 18 heavy (non-hydrogen) atoms. The number of rotatable bonds is 6. The minimum absolute atomic E-state index is 0.110. The zero-order valence-corrected chi connectivity index (χ0v) is 10.2. The maximum absolute atomic E-state index is 11.5. The highest BCUT2D eigenvalue weighted by Crippen LogP contribution is 1.92. The van der Waals surface area contributed by atoms with Crippen molar-refractivity contribution >= 4 is 5.91 Å². The Morgan fingerprint density at radius 1 is 1.56 bits per heavy atom. The van der Waals surface area contributed by atoms with E-state index in [0.717, 1.165) is 0 Å². The maximum atomic E-state index is 11.5. The van der Waals surface area contributed by atoms with Gasteiger partial charge < -0.3 is 15.0 Å². The van der Waals surface area contributed by atoms with Crippen LogP contribution in [-0.2, 0) is 11.3 Å². The molecular formula is C11H17N3O4. The predicted molar refractivity (Wildman–Crippen MR) is 65.2 cm³/mol. The molecule has 0 aliphatic carbocycles. The smallest absolute Gasteiger partial charge is 0.328 e. The number of hydrogen-bond acceptors (Lipinski definition) is 4. The lowest BCUT2D eigenvalue weighted by Crippen LogP contribution is -2.38. The van der Waals surface area contributed by atoms with Crippen LogP contribution in [0.15, 0.2) is 21.9 Å². The van der Waals surface area contributed by atoms with Gasteiger partial charge in [0, 0.05) is 25.2 Å². The van der Waals surface area contributed by atoms with Crippen LogP contribution in [-0.4, -0.2) is 33.2 Å². The van der Waals surface area contributed by atoms with E-state index in [1.807, 2.05) is 6.92 Å². The molecular weight excluding hydrogens is 238 g/mol. The van der Waals surface area contributed by atoms with Crippen LogP contribution in [0.1, 0.15) is 19.8 Å². The molecule has 0 aliphatic rings. The van der Waals surface area contributed by atoms with Crippen LogP contribution in [0.25, 0.3) is 0 Å². The Labute approximate surface area is 103 Å². The lowest BCUT2D eigenvalue weighted by molar-refractivity contribution is -0.122. The standard InChI is InChI=1S/C11H17N3O4/c1-2-8(7-15)12-9(16)3-5-14-6-4-10(17)13-11(14)18/h4,6,8,15H,2-3,5,7H2,1H3,(H,12,16)(H,13,17,18). The van der Waals surface area contributed by atoms with E-state index in [1.54, 1.807) is 0 Å². The average Bonchev–Trinajstić information content (AvgIpc) is 2.35. The molecule has 1 heterocycles. The van der Waals surface area contributed by atoms with E-state index in [0.29, 0.717) is 6.42 Å². The van der Waals surface area contributed by atoms with Gasteiger partial charge in [-0.3, -0.25) is 14.6 Å². The molecule has 0 aromatic carbocycles. The van der Waals surface area contributed by atoms with Crippen molar-refractivity contribution in [2.45, 2.75) is 32.4 Å². The number of nitrogens with one attached hydrogen (secondary N) is 2. The summed E-state index contributed by atoms with van der Waals surface area (Å²) < 4.78 is 1.25. The number of H-pyrrole nitrogens is 1. The molecule has 3 N–H and O–H groups in total. The van der Waals surface area contributed by atoms with Crippen LogP contribution in [0.4, 0.5) is 0 Å². The van der Waals surface area contributed by atoms with E-state index >= 15 is 0 Å². The van der Waals surface area contributed by atoms with Crippen molar-refractivity contribution in [3.05, 3.63) is 33.1 Å². The number of carbonyl (C=O) groups excluding carboxylic acids is 1. The largest absolute Gasteiger partial charge is 0.394 e. The first-order chi connectivity index (χ1) is 8.56. The minimum atomic E-state index is -0.538. The molecule has 1 rings (SSSR count). The number of aromatic nitrogens is 2. The number of hydrogen-bond donors (Lipinski definition) is 3. The first kappa shape index (κ1) is 14.2. The molecule has 0 bridgehead atoms. The van der Waals surface area contributed by atoms with Crippen LogP contribution in [0.2, 0.25) is 0 Å². The van der Waals surface area contributed by atoms with Crippen LogP contribution >= 0.6 is 0 Å². The predicted octanol–water partition coefficient (Wildman–Crippen LogP) is -1.19. The maximum Gasteiger partial charge on any atom is 0.328 e. The third-order valence-electron chi connectivity index (χ3n) is 2.55. The van der Waals surface area contributed by atoms with Crippen molar-refractivity contribution in [3.63, 3.8) is 0 Å². The van der Waals surface area contributed by atoms with Gasteiger partial charge in [0.1, 0.15) is 0 Å². The van der Waals surface area contributed by atoms with Crippen LogP contribution in [0, 0.1) is 0 Å². The first-order valence-electron chi connectivity index (χ1n) is 5.76. The third-order valence-corrected chi connectivity index (χ3v) is 2.55. The van der Waals surface area contributed by atoms with Gasteiger partial charge in [-0.15, -0.1) is 0 Å². The van der Waals surface area contributed by atoms with Crippen molar-refractivity contribution in [1.29, 1.82) is 0 Å². The Kier molecular flexibility index (Phi) is 5.31. The Bertz CT molecular complexity index is 502. The molecule has 0 aliphatic heterocycles. The first-order valence-corrected chi connectivity index (χ1v) is 5.76. The van der Waals surface area contributed by atoms with Gasteiger partial charge in [0.2, 0.25) is 5.91 Å². The van der Waals surface area contributed by atoms with E-state index in [9.17, 15) is 14.4 Å². The quantitative estimate of drug-likeness (QED) is 0.594. The SMILES string of the molecule is CCC(CO)NC(=O)CCn1ccc(=O)[nH]c1=O. The van der Waals surface area contributed by atoms with Gasteiger partial charge >= 0.3 is 5.69 Å². The Hall–Kier alpha value is -1.89. The number of nitrogens with zero attached hydrogens (tertiary/aromatic N) is 1. The van der Waals surface area contributed by atoms with Gasteiger partial charge in [-0.2, -0.15) is 0 Å². The van der Waals surface area contributed by atoms with E-state index in [1.165, 1.54) is 16.8 Å². The highest BCUT2D eigenvalue weighted by atomic mass is 16.3. The normalized spacial score (nSPS) is 12.1. The van der Waals surface area contributed by atoms with Gasteiger partial charge in [0.05, 0.1) is 12.6 Å². The summed E-state index contributed by atoms with van der Waals surface area (Å²) in [5.74, 6) is -0.242. The average molecular weight is 255 g/mol. The van der Waals surface area contributed by atoms with E-state index < -0.39 is 11.2 Å². The van der Waals surface area contributed by atoms with Gasteiger partial charge in [-0.25, -0.2) is 4.79 Å². The second-order valence-electron chi connectivity index (χ2n) is 3.91. The molecule has 0 spiro atoms. The third kappa shape index (κ3) is 4.17. The van der Waals surface area contributed by atoms with Gasteiger partial charge in [0.15, 0.2) is 0 Å². The number of carbonyl (C=O) groups is 1. The summed E-state index contributed by atoms with van der Waals surface area (Å²) in [7, 11) is 0. The molecule has 0 fully saturated rings. The van der Waals surface area contributed by atoms with E-state index in [2.05, 4.69) is 10.3 Å². The van der Waals surface area contributed by atoms with Crippen LogP contribution in [0.3, 0.4) is 0 Å². The van der Waals surface area contributed by atoms with Crippen molar-refractivity contribution in [3.8, 4) is 0 Å². The monoisotopic (exact) mass is 255 g/mol. The summed E-state index contributed by atoms with van der Waals surface area (Å²) in [5, 5.41) is 11.6. The molecule has 7 nitrogen and oxygen atoms in total. The highest BCUT2D eigenvalue weighted by molar-refractivity contribution is 5.76. The molecule has 0 radical (unpaired) electrons. The second kappa shape index (κ2) is 6.75. The van der Waals surface area contributed by atoms with Crippen molar-refractivity contribution in [2.75, 3.05) is 6.61 Å². The summed E-state index contributed by atoms with van der Waals surface area (Å²) in [6.07, 6.45) is 2.10. The van der Waals surface area contributed by atoms with Crippen LogP contribution in [0.5, 0.6) is 0 Å². The van der Waals surface area contributed by atoms with Gasteiger partial charge in [0.25, 0.3) is 5.56 Å². The molecule has 1 unspecified atom stereocenters. The molecule has 7 heteroatoms. The van der Waals surface area contributed by atoms with Gasteiger partial charge in [-0.05, 0) is 6.42 Å². The lowest BCUT2D eigenvalue weighted by atomic mass is 10.2. The topological polar surface area (TPSA) is 104 Å². The number of aliphatic hydroxyl groups excluding tert-OH is 1. The number of aliphatic hydroxyl groups is 1. The summed E-state index contributed by atoms with van der Waals surface area (Å²) in [6.45, 7) is 1.93. The zero-order chi connectivity index (χ0) is 13.5. The molecule has 1 amide bonds. The fourth-order valence-electron chi connectivity index (χ4n) is 1.42. The second-order valence-corrected chi connectivity index (χ2v) is 3.91. The Morgan fingerprint density at radius 2 is 2.28 bits per heavy atom. The summed E-state index contributed by atoms with van der Waals surface area (Å²) in [6, 6.07) is 0.965. The van der Waals surface area contributed by atoms with E-state index in [4.69, 9.17) is 5.11 Å². The van der Waals surface area contributed by atoms with Crippen molar-refractivity contribution in [1.82, 2.24) is 14.9 Å². The molecule has 1 atom stereocenters. The number of aryl methyl sites for hydroxylation is 1. The highest BCUT2D eigenvalue weighted by Gasteiger charge is 2.09. The fourth-order valence-corrected chi connectivity index (χ4v) is 1.42. The summed E-state index contributed by atoms with van der Waals surface area (Å²) in [5.41, 5.74) is -1.00. The Balaban J connectivity index is 2.52. The molecule has 1 aromatic rings. The van der Waals surface area contributed by atoms with Crippen LogP contribution < -0.4 is 16.6 Å². The fraction of sp³-hybridized carbons (Fsp3) is 0.545. The molecule has 100 valence electrons. The Morgan fingerprint density at radius 3 is 2.83 bits per heavy atom. The van der Waals surface area contributed by atoms with E-state index in [-0.39, 0.29) is 31.5 Å². The molecule has 1 aromatic heterocycles. The van der Waals surface area contributed by atoms with Gasteiger partial charge in [-0.1, -0.05) is 6.92 Å². The van der Waals surface area contributed by atoms with Crippen molar-refractivity contribution < 1.29 is 9.90 Å². The molecule has 0 saturated heterocycles. The molecule has 0 saturated carbocycles. The number of amides is 1. The zero-order valence-electron chi connectivity index (χ0n) is 10.2. The minimum Gasteiger partial charge on any atom is -0.394 e.